The van der Waals surface area contributed by atoms with Crippen molar-refractivity contribution in [3.8, 4) is 0 Å². The summed E-state index contributed by atoms with van der Waals surface area (Å²) in [5.74, 6) is 0. The Labute approximate surface area is 163 Å². The zero-order valence-electron chi connectivity index (χ0n) is 18.3. The van der Waals surface area contributed by atoms with Gasteiger partial charge in [0.15, 0.2) is 0 Å². The first-order chi connectivity index (χ1) is 12.7. The third kappa shape index (κ3) is 16.0. The van der Waals surface area contributed by atoms with E-state index in [1.807, 2.05) is 0 Å². The maximum Gasteiger partial charge on any atom is 0.0781 e. The van der Waals surface area contributed by atoms with Crippen LogP contribution in [0.1, 0.15) is 60.3 Å². The molecule has 0 saturated heterocycles. The molecule has 0 aromatic heterocycles. The molecule has 26 heavy (non-hydrogen) atoms. The van der Waals surface area contributed by atoms with Crippen molar-refractivity contribution >= 4 is 0 Å². The standard InChI is InChI=1S/C21H46N2O3/c1-6-10-22(11-7-2)14-16-24-18-19-26-21(5)20-25-17-15-23(12-8-3)13-9-4/h21H,6-20H2,1-5H3. The van der Waals surface area contributed by atoms with Gasteiger partial charge in [0.25, 0.3) is 0 Å². The van der Waals surface area contributed by atoms with Gasteiger partial charge in [-0.3, -0.25) is 0 Å². The second-order valence-corrected chi connectivity index (χ2v) is 7.05. The third-order valence-electron chi connectivity index (χ3n) is 4.25. The van der Waals surface area contributed by atoms with E-state index in [2.05, 4.69) is 44.4 Å². The predicted molar refractivity (Wildman–Crippen MR) is 111 cm³/mol. The minimum atomic E-state index is 0.126. The van der Waals surface area contributed by atoms with E-state index in [1.165, 1.54) is 25.7 Å². The summed E-state index contributed by atoms with van der Waals surface area (Å²) in [4.78, 5) is 4.94. The maximum absolute atomic E-state index is 5.77. The summed E-state index contributed by atoms with van der Waals surface area (Å²) in [7, 11) is 0. The van der Waals surface area contributed by atoms with Gasteiger partial charge in [-0.05, 0) is 58.8 Å². The predicted octanol–water partition coefficient (Wildman–Crippen LogP) is 3.67. The Morgan fingerprint density at radius 1 is 0.577 bits per heavy atom. The molecule has 1 atom stereocenters. The molecule has 0 spiro atoms. The van der Waals surface area contributed by atoms with Crippen molar-refractivity contribution in [2.24, 2.45) is 0 Å². The highest BCUT2D eigenvalue weighted by molar-refractivity contribution is 4.57. The van der Waals surface area contributed by atoms with E-state index in [0.29, 0.717) is 19.8 Å². The second-order valence-electron chi connectivity index (χ2n) is 7.05. The summed E-state index contributed by atoms with van der Waals surface area (Å²) >= 11 is 0. The summed E-state index contributed by atoms with van der Waals surface area (Å²) in [5.41, 5.74) is 0. The second kappa shape index (κ2) is 19.6. The van der Waals surface area contributed by atoms with Crippen molar-refractivity contribution in [1.29, 1.82) is 0 Å². The van der Waals surface area contributed by atoms with Crippen LogP contribution in [0.4, 0.5) is 0 Å². The van der Waals surface area contributed by atoms with Crippen LogP contribution in [-0.4, -0.2) is 88.2 Å². The van der Waals surface area contributed by atoms with Gasteiger partial charge in [-0.15, -0.1) is 0 Å². The Morgan fingerprint density at radius 2 is 1.04 bits per heavy atom. The Kier molecular flexibility index (Phi) is 19.4. The van der Waals surface area contributed by atoms with Gasteiger partial charge in [-0.25, -0.2) is 0 Å². The molecule has 1 unspecified atom stereocenters. The number of hydrogen-bond acceptors (Lipinski definition) is 5. The van der Waals surface area contributed by atoms with Gasteiger partial charge in [0.1, 0.15) is 0 Å². The Balaban J connectivity index is 3.54. The van der Waals surface area contributed by atoms with Crippen LogP contribution < -0.4 is 0 Å². The minimum Gasteiger partial charge on any atom is -0.378 e. The van der Waals surface area contributed by atoms with E-state index >= 15 is 0 Å². The van der Waals surface area contributed by atoms with Gasteiger partial charge in [-0.1, -0.05) is 27.7 Å². The average Bonchev–Trinajstić information content (AvgIpc) is 2.62. The molecule has 0 rings (SSSR count). The van der Waals surface area contributed by atoms with Crippen LogP contribution in [0.3, 0.4) is 0 Å². The van der Waals surface area contributed by atoms with Gasteiger partial charge >= 0.3 is 0 Å². The van der Waals surface area contributed by atoms with E-state index in [-0.39, 0.29) is 6.10 Å². The zero-order chi connectivity index (χ0) is 19.5. The van der Waals surface area contributed by atoms with Crippen molar-refractivity contribution in [2.75, 3.05) is 72.3 Å². The SMILES string of the molecule is CCCN(CCC)CCOCCOC(C)COCCN(CCC)CCC. The van der Waals surface area contributed by atoms with Gasteiger partial charge < -0.3 is 24.0 Å². The van der Waals surface area contributed by atoms with Crippen LogP contribution in [0.2, 0.25) is 0 Å². The highest BCUT2D eigenvalue weighted by Crippen LogP contribution is 1.97. The fourth-order valence-corrected chi connectivity index (χ4v) is 3.03. The first kappa shape index (κ1) is 25.8. The van der Waals surface area contributed by atoms with Crippen LogP contribution in [0.15, 0.2) is 0 Å². The smallest absolute Gasteiger partial charge is 0.0781 e. The molecule has 0 N–H and O–H groups in total. The topological polar surface area (TPSA) is 34.2 Å². The number of rotatable bonds is 20. The first-order valence-electron chi connectivity index (χ1n) is 10.9. The Hall–Kier alpha value is -0.200. The summed E-state index contributed by atoms with van der Waals surface area (Å²) in [6.45, 7) is 21.2. The molecule has 0 aromatic rings. The third-order valence-corrected chi connectivity index (χ3v) is 4.25. The highest BCUT2D eigenvalue weighted by atomic mass is 16.5. The molecule has 0 bridgehead atoms. The lowest BCUT2D eigenvalue weighted by atomic mass is 10.3. The lowest BCUT2D eigenvalue weighted by molar-refractivity contribution is -0.0340. The molecule has 0 amide bonds. The molecule has 5 heteroatoms. The summed E-state index contributed by atoms with van der Waals surface area (Å²) in [6, 6.07) is 0. The van der Waals surface area contributed by atoms with Crippen LogP contribution >= 0.6 is 0 Å². The Morgan fingerprint density at radius 3 is 1.50 bits per heavy atom. The molecule has 5 nitrogen and oxygen atoms in total. The lowest BCUT2D eigenvalue weighted by Crippen LogP contribution is -2.30. The van der Waals surface area contributed by atoms with Crippen molar-refractivity contribution < 1.29 is 14.2 Å². The highest BCUT2D eigenvalue weighted by Gasteiger charge is 2.06. The van der Waals surface area contributed by atoms with Crippen molar-refractivity contribution in [3.05, 3.63) is 0 Å². The van der Waals surface area contributed by atoms with Gasteiger partial charge in [0, 0.05) is 13.1 Å². The molecule has 0 fully saturated rings. The van der Waals surface area contributed by atoms with Crippen LogP contribution in [0.5, 0.6) is 0 Å². The average molecular weight is 375 g/mol. The van der Waals surface area contributed by atoms with Crippen LogP contribution in [0, 0.1) is 0 Å². The number of nitrogens with zero attached hydrogens (tertiary/aromatic N) is 2. The van der Waals surface area contributed by atoms with Gasteiger partial charge in [0.2, 0.25) is 0 Å². The fraction of sp³-hybridized carbons (Fsp3) is 1.00. The number of ether oxygens (including phenoxy) is 3. The van der Waals surface area contributed by atoms with Gasteiger partial charge in [0.05, 0.1) is 39.1 Å². The van der Waals surface area contributed by atoms with Gasteiger partial charge in [-0.2, -0.15) is 0 Å². The molecule has 0 aliphatic heterocycles. The molecule has 158 valence electrons. The summed E-state index contributed by atoms with van der Waals surface area (Å²) in [6.07, 6.45) is 4.94. The molecule has 0 aliphatic rings. The Bertz CT molecular complexity index is 268. The van der Waals surface area contributed by atoms with E-state index in [0.717, 1.165) is 52.5 Å². The molecular weight excluding hydrogens is 328 g/mol. The van der Waals surface area contributed by atoms with Crippen LogP contribution in [0.25, 0.3) is 0 Å². The zero-order valence-corrected chi connectivity index (χ0v) is 18.3. The minimum absolute atomic E-state index is 0.126. The van der Waals surface area contributed by atoms with E-state index in [9.17, 15) is 0 Å². The normalized spacial score (nSPS) is 13.0. The largest absolute Gasteiger partial charge is 0.378 e. The first-order valence-corrected chi connectivity index (χ1v) is 10.9. The fourth-order valence-electron chi connectivity index (χ4n) is 3.03. The molecular formula is C21H46N2O3. The molecule has 0 saturated carbocycles. The number of hydrogen-bond donors (Lipinski definition) is 0. The molecule has 0 heterocycles. The summed E-state index contributed by atoms with van der Waals surface area (Å²) < 4.78 is 17.2. The molecule has 0 aliphatic carbocycles. The molecule has 0 radical (unpaired) electrons. The van der Waals surface area contributed by atoms with Crippen molar-refractivity contribution in [3.63, 3.8) is 0 Å². The van der Waals surface area contributed by atoms with E-state index in [4.69, 9.17) is 14.2 Å². The lowest BCUT2D eigenvalue weighted by Gasteiger charge is -2.21. The van der Waals surface area contributed by atoms with Crippen LogP contribution in [-0.2, 0) is 14.2 Å². The summed E-state index contributed by atoms with van der Waals surface area (Å²) in [5, 5.41) is 0. The quantitative estimate of drug-likeness (QED) is 0.304. The monoisotopic (exact) mass is 374 g/mol. The van der Waals surface area contributed by atoms with Crippen molar-refractivity contribution in [2.45, 2.75) is 66.4 Å². The van der Waals surface area contributed by atoms with E-state index in [1.54, 1.807) is 0 Å². The molecule has 0 aromatic carbocycles. The maximum atomic E-state index is 5.77. The van der Waals surface area contributed by atoms with Crippen molar-refractivity contribution in [1.82, 2.24) is 9.80 Å². The van der Waals surface area contributed by atoms with E-state index < -0.39 is 0 Å².